The van der Waals surface area contributed by atoms with Gasteiger partial charge in [-0.3, -0.25) is 19.4 Å². The molecule has 1 aromatic heterocycles. The van der Waals surface area contributed by atoms with Gasteiger partial charge in [0.15, 0.2) is 0 Å². The number of aromatic amines is 1. The van der Waals surface area contributed by atoms with Gasteiger partial charge in [-0.05, 0) is 44.4 Å². The van der Waals surface area contributed by atoms with Crippen LogP contribution in [-0.2, 0) is 9.53 Å². The average Bonchev–Trinajstić information content (AvgIpc) is 2.81. The van der Waals surface area contributed by atoms with Crippen molar-refractivity contribution >= 4 is 35.1 Å². The number of ether oxygens (including phenoxy) is 1. The molecule has 8 heteroatoms. The van der Waals surface area contributed by atoms with Gasteiger partial charge >= 0.3 is 0 Å². The first-order valence-corrected chi connectivity index (χ1v) is 10.4. The van der Waals surface area contributed by atoms with Crippen LogP contribution in [0.1, 0.15) is 49.1 Å². The Bertz CT molecular complexity index is 919. The van der Waals surface area contributed by atoms with Crippen molar-refractivity contribution in [3.63, 3.8) is 0 Å². The van der Waals surface area contributed by atoms with Gasteiger partial charge in [0, 0.05) is 11.6 Å². The van der Waals surface area contributed by atoms with Crippen LogP contribution in [0.4, 0.5) is 5.82 Å². The summed E-state index contributed by atoms with van der Waals surface area (Å²) in [6, 6.07) is 7.51. The first kappa shape index (κ1) is 18.7. The fourth-order valence-electron chi connectivity index (χ4n) is 3.84. The van der Waals surface area contributed by atoms with E-state index in [1.54, 1.807) is 0 Å². The minimum Gasteiger partial charge on any atom is -0.375 e. The van der Waals surface area contributed by atoms with Crippen LogP contribution in [0.15, 0.2) is 29.1 Å². The number of rotatable bonds is 2. The van der Waals surface area contributed by atoms with E-state index in [2.05, 4.69) is 10.4 Å². The summed E-state index contributed by atoms with van der Waals surface area (Å²) in [6.07, 6.45) is 1.55. The number of fused-ring (bicyclic) bond motifs is 1. The number of thioether (sulfide) groups is 1. The highest BCUT2D eigenvalue weighted by atomic mass is 35.5. The van der Waals surface area contributed by atoms with Gasteiger partial charge in [-0.15, -0.1) is 11.8 Å². The summed E-state index contributed by atoms with van der Waals surface area (Å²) in [4.78, 5) is 25.2. The predicted molar refractivity (Wildman–Crippen MR) is 108 cm³/mol. The van der Waals surface area contributed by atoms with Gasteiger partial charge < -0.3 is 10.1 Å². The summed E-state index contributed by atoms with van der Waals surface area (Å²) in [6.45, 7) is 4.71. The van der Waals surface area contributed by atoms with Gasteiger partial charge in [0.05, 0.1) is 28.2 Å². The molecular formula is C19H22ClN3O3S. The summed E-state index contributed by atoms with van der Waals surface area (Å²) in [5, 5.41) is 6.34. The Kier molecular flexibility index (Phi) is 4.86. The van der Waals surface area contributed by atoms with E-state index in [0.29, 0.717) is 28.8 Å². The van der Waals surface area contributed by atoms with Crippen molar-refractivity contribution in [1.82, 2.24) is 9.78 Å². The first-order valence-electron chi connectivity index (χ1n) is 8.99. The molecule has 0 radical (unpaired) electrons. The zero-order valence-corrected chi connectivity index (χ0v) is 16.8. The van der Waals surface area contributed by atoms with Crippen LogP contribution >= 0.6 is 23.4 Å². The number of H-pyrrole nitrogens is 1. The molecule has 2 N–H and O–H groups in total. The SMILES string of the molecule is CC1(C)C[C@@H](n2[nH]c(=O)c3c2NC(=O)CS[C@H]3c2ccc(Cl)cc2)CCO1. The van der Waals surface area contributed by atoms with Crippen LogP contribution < -0.4 is 10.9 Å². The molecule has 2 aliphatic rings. The van der Waals surface area contributed by atoms with Crippen molar-refractivity contribution in [1.29, 1.82) is 0 Å². The van der Waals surface area contributed by atoms with Gasteiger partial charge in [0.2, 0.25) is 5.91 Å². The van der Waals surface area contributed by atoms with Crippen molar-refractivity contribution in [3.05, 3.63) is 50.8 Å². The van der Waals surface area contributed by atoms with Crippen LogP contribution in [-0.4, -0.2) is 33.6 Å². The number of benzene rings is 1. The number of amides is 1. The second-order valence-corrected chi connectivity index (χ2v) is 9.15. The van der Waals surface area contributed by atoms with Gasteiger partial charge in [0.1, 0.15) is 5.82 Å². The maximum Gasteiger partial charge on any atom is 0.270 e. The van der Waals surface area contributed by atoms with Gasteiger partial charge in [-0.2, -0.15) is 0 Å². The summed E-state index contributed by atoms with van der Waals surface area (Å²) in [7, 11) is 0. The van der Waals surface area contributed by atoms with Crippen LogP contribution in [0.25, 0.3) is 0 Å². The molecule has 0 aliphatic carbocycles. The van der Waals surface area contributed by atoms with E-state index in [1.165, 1.54) is 11.8 Å². The third-order valence-corrected chi connectivity index (χ3v) is 6.59. The number of anilines is 1. The fourth-order valence-corrected chi connectivity index (χ4v) is 5.09. The summed E-state index contributed by atoms with van der Waals surface area (Å²) < 4.78 is 7.65. The van der Waals surface area contributed by atoms with Gasteiger partial charge in [-0.25, -0.2) is 0 Å². The predicted octanol–water partition coefficient (Wildman–Crippen LogP) is 3.73. The van der Waals surface area contributed by atoms with Crippen LogP contribution in [0.5, 0.6) is 0 Å². The molecule has 3 heterocycles. The van der Waals surface area contributed by atoms with E-state index in [1.807, 2.05) is 42.8 Å². The summed E-state index contributed by atoms with van der Waals surface area (Å²) in [5.74, 6) is 0.773. The molecule has 1 fully saturated rings. The van der Waals surface area contributed by atoms with Crippen LogP contribution in [0.2, 0.25) is 5.02 Å². The van der Waals surface area contributed by atoms with Crippen molar-refractivity contribution in [2.45, 2.75) is 43.6 Å². The molecular weight excluding hydrogens is 386 g/mol. The summed E-state index contributed by atoms with van der Waals surface area (Å²) >= 11 is 7.47. The number of hydrogen-bond acceptors (Lipinski definition) is 4. The standard InChI is InChI=1S/C19H22ClN3O3S/c1-19(2)9-13(7-8-26-19)23-17-15(18(25)22-23)16(27-10-14(24)21-17)11-3-5-12(20)6-4-11/h3-6,13,16H,7-10H2,1-2H3,(H,21,24)(H,22,25)/t13-,16-/m0/s1. The molecule has 2 aliphatic heterocycles. The molecule has 6 nitrogen and oxygen atoms in total. The molecule has 0 bridgehead atoms. The van der Waals surface area contributed by atoms with E-state index < -0.39 is 0 Å². The summed E-state index contributed by atoms with van der Waals surface area (Å²) in [5.41, 5.74) is 1.12. The second-order valence-electron chi connectivity index (χ2n) is 7.62. The Morgan fingerprint density at radius 1 is 1.26 bits per heavy atom. The molecule has 0 spiro atoms. The Labute approximate surface area is 166 Å². The lowest BCUT2D eigenvalue weighted by atomic mass is 9.94. The highest BCUT2D eigenvalue weighted by Crippen LogP contribution is 2.42. The highest BCUT2D eigenvalue weighted by molar-refractivity contribution is 8.00. The quantitative estimate of drug-likeness (QED) is 0.795. The smallest absolute Gasteiger partial charge is 0.270 e. The third kappa shape index (κ3) is 3.68. The number of hydrogen-bond donors (Lipinski definition) is 2. The van der Waals surface area contributed by atoms with E-state index in [9.17, 15) is 9.59 Å². The molecule has 4 rings (SSSR count). The highest BCUT2D eigenvalue weighted by Gasteiger charge is 2.35. The van der Waals surface area contributed by atoms with Gasteiger partial charge in [-0.1, -0.05) is 23.7 Å². The van der Waals surface area contributed by atoms with Crippen LogP contribution in [0.3, 0.4) is 0 Å². The molecule has 2 aromatic rings. The lowest BCUT2D eigenvalue weighted by Gasteiger charge is -2.36. The van der Waals surface area contributed by atoms with Crippen molar-refractivity contribution < 1.29 is 9.53 Å². The normalized spacial score (nSPS) is 24.8. The Morgan fingerprint density at radius 2 is 2.00 bits per heavy atom. The molecule has 144 valence electrons. The van der Waals surface area contributed by atoms with E-state index >= 15 is 0 Å². The molecule has 1 amide bonds. The Balaban J connectivity index is 1.80. The topological polar surface area (TPSA) is 76.1 Å². The first-order chi connectivity index (χ1) is 12.8. The molecule has 27 heavy (non-hydrogen) atoms. The monoisotopic (exact) mass is 407 g/mol. The van der Waals surface area contributed by atoms with Gasteiger partial charge in [0.25, 0.3) is 5.56 Å². The Morgan fingerprint density at radius 3 is 2.70 bits per heavy atom. The molecule has 2 atom stereocenters. The van der Waals surface area contributed by atoms with E-state index in [4.69, 9.17) is 16.3 Å². The maximum atomic E-state index is 12.9. The number of halogens is 1. The van der Waals surface area contributed by atoms with Crippen molar-refractivity contribution in [2.24, 2.45) is 0 Å². The largest absolute Gasteiger partial charge is 0.375 e. The fraction of sp³-hybridized carbons (Fsp3) is 0.474. The molecule has 1 aromatic carbocycles. The number of aromatic nitrogens is 2. The van der Waals surface area contributed by atoms with Crippen LogP contribution in [0, 0.1) is 0 Å². The van der Waals surface area contributed by atoms with E-state index in [-0.39, 0.29) is 28.4 Å². The Hall–Kier alpha value is -1.70. The zero-order chi connectivity index (χ0) is 19.2. The van der Waals surface area contributed by atoms with Crippen molar-refractivity contribution in [2.75, 3.05) is 17.7 Å². The number of carbonyl (C=O) groups is 1. The minimum atomic E-state index is -0.268. The minimum absolute atomic E-state index is 0.0690. The number of carbonyl (C=O) groups excluding carboxylic acids is 1. The molecule has 0 saturated carbocycles. The number of nitrogens with one attached hydrogen (secondary N) is 2. The van der Waals surface area contributed by atoms with Crippen molar-refractivity contribution in [3.8, 4) is 0 Å². The lowest BCUT2D eigenvalue weighted by Crippen LogP contribution is -2.36. The molecule has 0 unspecified atom stereocenters. The van der Waals surface area contributed by atoms with E-state index in [0.717, 1.165) is 18.4 Å². The lowest BCUT2D eigenvalue weighted by molar-refractivity contribution is -0.113. The third-order valence-electron chi connectivity index (χ3n) is 5.07. The second kappa shape index (κ2) is 7.04. The molecule has 1 saturated heterocycles. The maximum absolute atomic E-state index is 12.9. The number of nitrogens with zero attached hydrogens (tertiary/aromatic N) is 1. The average molecular weight is 408 g/mol. The zero-order valence-electron chi connectivity index (χ0n) is 15.3.